The Morgan fingerprint density at radius 2 is 1.83 bits per heavy atom. The topological polar surface area (TPSA) is 75.2 Å². The molecule has 2 saturated carbocycles. The fourth-order valence-electron chi connectivity index (χ4n) is 6.00. The van der Waals surface area contributed by atoms with E-state index in [4.69, 9.17) is 0 Å². The summed E-state index contributed by atoms with van der Waals surface area (Å²) in [7, 11) is 0. The van der Waals surface area contributed by atoms with E-state index >= 15 is 0 Å². The van der Waals surface area contributed by atoms with Crippen LogP contribution in [0.25, 0.3) is 0 Å². The molecule has 0 radical (unpaired) electrons. The van der Waals surface area contributed by atoms with Crippen LogP contribution >= 0.6 is 11.3 Å². The van der Waals surface area contributed by atoms with Crippen molar-refractivity contribution in [3.8, 4) is 0 Å². The molecule has 2 amide bonds. The molecule has 1 aromatic heterocycles. The van der Waals surface area contributed by atoms with Gasteiger partial charge in [0, 0.05) is 11.6 Å². The predicted molar refractivity (Wildman–Crippen MR) is 117 cm³/mol. The lowest BCUT2D eigenvalue weighted by Crippen LogP contribution is -2.64. The van der Waals surface area contributed by atoms with Gasteiger partial charge in [0.2, 0.25) is 11.0 Å². The lowest BCUT2D eigenvalue weighted by molar-refractivity contribution is -0.123. The van der Waals surface area contributed by atoms with E-state index in [9.17, 15) is 9.59 Å². The highest BCUT2D eigenvalue weighted by molar-refractivity contribution is 7.15. The van der Waals surface area contributed by atoms with Gasteiger partial charge in [0.1, 0.15) is 5.01 Å². The molecule has 2 aromatic rings. The molecule has 0 saturated heterocycles. The monoisotopic (exact) mass is 424 g/mol. The highest BCUT2D eigenvalue weighted by Crippen LogP contribution is 2.51. The summed E-state index contributed by atoms with van der Waals surface area (Å²) in [6.45, 7) is 1.88. The summed E-state index contributed by atoms with van der Waals surface area (Å²) in [4.78, 5) is 29.7. The molecular weight excluding hydrogens is 396 g/mol. The Balaban J connectivity index is 1.63. The number of fused-ring (bicyclic) bond motifs is 1. The van der Waals surface area contributed by atoms with Gasteiger partial charge >= 0.3 is 0 Å². The van der Waals surface area contributed by atoms with Gasteiger partial charge in [0.15, 0.2) is 0 Å². The van der Waals surface area contributed by atoms with Crippen LogP contribution in [0.1, 0.15) is 84.6 Å². The normalized spacial score (nSPS) is 23.6. The number of aryl methyl sites for hydroxylation is 1. The minimum atomic E-state index is -0.442. The number of carbonyl (C=O) groups is 2. The molecule has 7 heteroatoms. The number of amides is 2. The first-order valence-corrected chi connectivity index (χ1v) is 12.0. The van der Waals surface area contributed by atoms with E-state index in [1.54, 1.807) is 0 Å². The predicted octanol–water partition coefficient (Wildman–Crippen LogP) is 4.67. The molecule has 30 heavy (non-hydrogen) atoms. The molecule has 1 aromatic carbocycles. The fourth-order valence-corrected chi connectivity index (χ4v) is 6.59. The summed E-state index contributed by atoms with van der Waals surface area (Å²) in [6.07, 6.45) is 9.45. The van der Waals surface area contributed by atoms with Gasteiger partial charge in [-0.25, -0.2) is 0 Å². The Bertz CT molecular complexity index is 960. The van der Waals surface area contributed by atoms with Crippen LogP contribution in [-0.2, 0) is 4.79 Å². The molecular formula is C23H28N4O2S. The average molecular weight is 425 g/mol. The van der Waals surface area contributed by atoms with Crippen molar-refractivity contribution in [2.24, 2.45) is 0 Å². The van der Waals surface area contributed by atoms with Gasteiger partial charge in [0.25, 0.3) is 5.91 Å². The van der Waals surface area contributed by atoms with Crippen molar-refractivity contribution in [3.63, 3.8) is 0 Å². The highest BCUT2D eigenvalue weighted by Gasteiger charge is 2.56. The van der Waals surface area contributed by atoms with Crippen molar-refractivity contribution in [1.82, 2.24) is 15.1 Å². The maximum atomic E-state index is 13.8. The van der Waals surface area contributed by atoms with Crippen LogP contribution in [0.3, 0.4) is 0 Å². The zero-order chi connectivity index (χ0) is 20.7. The molecule has 1 N–H and O–H groups in total. The maximum Gasteiger partial charge on any atom is 0.254 e. The molecule has 0 bridgehead atoms. The molecule has 1 unspecified atom stereocenters. The summed E-state index contributed by atoms with van der Waals surface area (Å²) >= 11 is 1.39. The van der Waals surface area contributed by atoms with Crippen molar-refractivity contribution in [1.29, 1.82) is 0 Å². The van der Waals surface area contributed by atoms with Gasteiger partial charge in [-0.05, 0) is 44.2 Å². The number of nitrogens with one attached hydrogen (secondary N) is 1. The maximum absolute atomic E-state index is 13.8. The lowest BCUT2D eigenvalue weighted by Gasteiger charge is -2.55. The Morgan fingerprint density at radius 3 is 2.53 bits per heavy atom. The number of hydrogen-bond acceptors (Lipinski definition) is 5. The number of hydrogen-bond donors (Lipinski definition) is 1. The minimum absolute atomic E-state index is 0.0593. The van der Waals surface area contributed by atoms with E-state index < -0.39 is 5.54 Å². The number of carbonyl (C=O) groups excluding carboxylic acids is 2. The fraction of sp³-hybridized carbons (Fsp3) is 0.565. The van der Waals surface area contributed by atoms with Crippen molar-refractivity contribution in [2.45, 2.75) is 82.2 Å². The molecule has 1 atom stereocenters. The molecule has 3 aliphatic rings. The second-order valence-corrected chi connectivity index (χ2v) is 10.1. The summed E-state index contributed by atoms with van der Waals surface area (Å²) in [5.74, 6) is -0.317. The lowest BCUT2D eigenvalue weighted by atomic mass is 9.64. The first kappa shape index (κ1) is 19.7. The molecule has 2 aliphatic carbocycles. The third-order valence-corrected chi connectivity index (χ3v) is 7.92. The zero-order valence-electron chi connectivity index (χ0n) is 17.4. The number of aromatic nitrogens is 2. The number of benzene rings is 1. The molecule has 6 nitrogen and oxygen atoms in total. The summed E-state index contributed by atoms with van der Waals surface area (Å²) in [5, 5.41) is 12.5. The van der Waals surface area contributed by atoms with Gasteiger partial charge in [0.05, 0.1) is 11.5 Å². The van der Waals surface area contributed by atoms with E-state index in [1.165, 1.54) is 17.8 Å². The van der Waals surface area contributed by atoms with Gasteiger partial charge in [-0.1, -0.05) is 61.6 Å². The number of anilines is 1. The molecule has 2 fully saturated rings. The zero-order valence-corrected chi connectivity index (χ0v) is 18.2. The van der Waals surface area contributed by atoms with E-state index in [0.29, 0.717) is 10.7 Å². The Morgan fingerprint density at radius 1 is 1.10 bits per heavy atom. The van der Waals surface area contributed by atoms with E-state index in [-0.39, 0.29) is 23.8 Å². The molecule has 1 spiro atoms. The van der Waals surface area contributed by atoms with Gasteiger partial charge in [-0.3, -0.25) is 14.9 Å². The van der Waals surface area contributed by atoms with Gasteiger partial charge in [-0.15, -0.1) is 10.2 Å². The van der Waals surface area contributed by atoms with Crippen LogP contribution < -0.4 is 5.32 Å². The summed E-state index contributed by atoms with van der Waals surface area (Å²) in [6, 6.07) is 7.97. The quantitative estimate of drug-likeness (QED) is 0.777. The third kappa shape index (κ3) is 3.14. The number of rotatable bonds is 3. The first-order valence-electron chi connectivity index (χ1n) is 11.1. The molecule has 1 aliphatic heterocycles. The van der Waals surface area contributed by atoms with Crippen molar-refractivity contribution in [3.05, 3.63) is 40.4 Å². The Kier molecular flexibility index (Phi) is 5.09. The SMILES string of the molecule is Cc1nnc(NC(=O)C2c3ccccc3C(=O)N(C3CCCC3)C23CCCCC3)s1. The van der Waals surface area contributed by atoms with Crippen LogP contribution in [-0.4, -0.2) is 38.5 Å². The third-order valence-electron chi connectivity index (χ3n) is 7.17. The van der Waals surface area contributed by atoms with E-state index in [1.807, 2.05) is 31.2 Å². The van der Waals surface area contributed by atoms with Crippen molar-refractivity contribution >= 4 is 28.3 Å². The van der Waals surface area contributed by atoms with E-state index in [0.717, 1.165) is 61.9 Å². The van der Waals surface area contributed by atoms with E-state index in [2.05, 4.69) is 20.4 Å². The van der Waals surface area contributed by atoms with Gasteiger partial charge < -0.3 is 4.90 Å². The van der Waals surface area contributed by atoms with Crippen molar-refractivity contribution in [2.75, 3.05) is 5.32 Å². The second-order valence-electron chi connectivity index (χ2n) is 8.91. The Hall–Kier alpha value is -2.28. The summed E-state index contributed by atoms with van der Waals surface area (Å²) < 4.78 is 0. The largest absolute Gasteiger partial charge is 0.329 e. The molecule has 5 rings (SSSR count). The van der Waals surface area contributed by atoms with Crippen LogP contribution in [0.5, 0.6) is 0 Å². The average Bonchev–Trinajstić information content (AvgIpc) is 3.41. The van der Waals surface area contributed by atoms with Gasteiger partial charge in [-0.2, -0.15) is 0 Å². The highest BCUT2D eigenvalue weighted by atomic mass is 32.1. The first-order chi connectivity index (χ1) is 14.6. The van der Waals surface area contributed by atoms with Crippen LogP contribution in [0, 0.1) is 6.92 Å². The van der Waals surface area contributed by atoms with Crippen molar-refractivity contribution < 1.29 is 9.59 Å². The van der Waals surface area contributed by atoms with Crippen LogP contribution in [0.15, 0.2) is 24.3 Å². The smallest absolute Gasteiger partial charge is 0.254 e. The second kappa shape index (κ2) is 7.76. The minimum Gasteiger partial charge on any atom is -0.329 e. The molecule has 158 valence electrons. The summed E-state index contributed by atoms with van der Waals surface area (Å²) in [5.41, 5.74) is 1.12. The van der Waals surface area contributed by atoms with Crippen LogP contribution in [0.4, 0.5) is 5.13 Å². The van der Waals surface area contributed by atoms with Crippen LogP contribution in [0.2, 0.25) is 0 Å². The standard InChI is InChI=1S/C23H28N4O2S/c1-15-25-26-22(30-15)24-20(28)19-17-11-5-6-12-18(17)21(29)27(16-9-3-4-10-16)23(19)13-7-2-8-14-23/h5-6,11-12,16,19H,2-4,7-10,13-14H2,1H3,(H,24,26,28). The molecule has 2 heterocycles. The Labute approximate surface area is 181 Å². The number of nitrogens with zero attached hydrogens (tertiary/aromatic N) is 3.